The Morgan fingerprint density at radius 1 is 1.15 bits per heavy atom. The van der Waals surface area contributed by atoms with E-state index in [-0.39, 0.29) is 41.9 Å². The molecule has 39 heavy (non-hydrogen) atoms. The molecule has 0 unspecified atom stereocenters. The SMILES string of the molecule is C[C@@H]1CN([C@@H](C)CO)C(=O)Cc2cc(NS(=O)(=O)c3ccccc3)ccc2O[C@H]1CN(C)Cc1ccncc1. The highest BCUT2D eigenvalue weighted by Crippen LogP contribution is 2.30. The zero-order chi connectivity index (χ0) is 28.0. The third-order valence-corrected chi connectivity index (χ3v) is 8.31. The van der Waals surface area contributed by atoms with Crippen LogP contribution >= 0.6 is 0 Å². The lowest BCUT2D eigenvalue weighted by atomic mass is 10.0. The van der Waals surface area contributed by atoms with Crippen molar-refractivity contribution in [3.63, 3.8) is 0 Å². The third-order valence-electron chi connectivity index (χ3n) is 6.92. The minimum absolute atomic E-state index is 0.0207. The summed E-state index contributed by atoms with van der Waals surface area (Å²) in [6.07, 6.45) is 3.29. The molecule has 2 heterocycles. The Balaban J connectivity index is 1.63. The van der Waals surface area contributed by atoms with E-state index in [1.807, 2.05) is 33.0 Å². The third kappa shape index (κ3) is 7.35. The van der Waals surface area contributed by atoms with Crippen LogP contribution < -0.4 is 9.46 Å². The van der Waals surface area contributed by atoms with Crippen LogP contribution in [0.3, 0.4) is 0 Å². The van der Waals surface area contributed by atoms with Gasteiger partial charge in [0.1, 0.15) is 11.9 Å². The first-order chi connectivity index (χ1) is 18.7. The molecule has 0 radical (unpaired) electrons. The Kier molecular flexibility index (Phi) is 9.21. The number of rotatable bonds is 9. The van der Waals surface area contributed by atoms with Crippen LogP contribution in [0.5, 0.6) is 5.75 Å². The van der Waals surface area contributed by atoms with Crippen molar-refractivity contribution in [3.8, 4) is 5.75 Å². The maximum atomic E-state index is 13.4. The quantitative estimate of drug-likeness (QED) is 0.419. The van der Waals surface area contributed by atoms with Crippen molar-refractivity contribution in [1.29, 1.82) is 0 Å². The monoisotopic (exact) mass is 552 g/mol. The zero-order valence-corrected chi connectivity index (χ0v) is 23.3. The van der Waals surface area contributed by atoms with Gasteiger partial charge in [0.2, 0.25) is 5.91 Å². The van der Waals surface area contributed by atoms with Crippen LogP contribution in [-0.4, -0.2) is 73.1 Å². The van der Waals surface area contributed by atoms with E-state index < -0.39 is 10.0 Å². The Morgan fingerprint density at radius 2 is 1.87 bits per heavy atom. The molecule has 2 aromatic carbocycles. The number of likely N-dealkylation sites (N-methyl/N-ethyl adjacent to an activating group) is 1. The zero-order valence-electron chi connectivity index (χ0n) is 22.5. The van der Waals surface area contributed by atoms with E-state index in [2.05, 4.69) is 14.6 Å². The predicted octanol–water partition coefficient (Wildman–Crippen LogP) is 3.16. The van der Waals surface area contributed by atoms with Crippen LogP contribution in [0.25, 0.3) is 0 Å². The summed E-state index contributed by atoms with van der Waals surface area (Å²) in [5, 5.41) is 9.86. The number of amides is 1. The van der Waals surface area contributed by atoms with Gasteiger partial charge in [-0.05, 0) is 62.0 Å². The summed E-state index contributed by atoms with van der Waals surface area (Å²) in [5.41, 5.74) is 2.05. The normalized spacial score (nSPS) is 18.9. The first-order valence-electron chi connectivity index (χ1n) is 13.0. The molecule has 3 atom stereocenters. The fourth-order valence-electron chi connectivity index (χ4n) is 4.70. The molecule has 0 saturated carbocycles. The highest BCUT2D eigenvalue weighted by molar-refractivity contribution is 7.92. The van der Waals surface area contributed by atoms with E-state index in [4.69, 9.17) is 4.74 Å². The Morgan fingerprint density at radius 3 is 2.56 bits per heavy atom. The number of aliphatic hydroxyl groups excluding tert-OH is 1. The second-order valence-electron chi connectivity index (χ2n) is 10.2. The van der Waals surface area contributed by atoms with E-state index in [0.29, 0.717) is 36.6 Å². The van der Waals surface area contributed by atoms with Gasteiger partial charge in [-0.3, -0.25) is 19.4 Å². The summed E-state index contributed by atoms with van der Waals surface area (Å²) in [6.45, 7) is 5.44. The second-order valence-corrected chi connectivity index (χ2v) is 11.9. The molecule has 1 aromatic heterocycles. The molecule has 9 nitrogen and oxygen atoms in total. The van der Waals surface area contributed by atoms with Gasteiger partial charge in [0, 0.05) is 49.2 Å². The molecule has 0 fully saturated rings. The van der Waals surface area contributed by atoms with E-state index in [1.165, 1.54) is 12.1 Å². The van der Waals surface area contributed by atoms with Gasteiger partial charge in [0.25, 0.3) is 10.0 Å². The molecule has 0 aliphatic carbocycles. The maximum Gasteiger partial charge on any atom is 0.261 e. The number of ether oxygens (including phenoxy) is 1. The number of carbonyl (C=O) groups is 1. The number of hydrogen-bond donors (Lipinski definition) is 2. The average molecular weight is 553 g/mol. The summed E-state index contributed by atoms with van der Waals surface area (Å²) in [6, 6.07) is 16.7. The Labute approximate surface area is 230 Å². The number of nitrogens with one attached hydrogen (secondary N) is 1. The highest BCUT2D eigenvalue weighted by Gasteiger charge is 2.31. The van der Waals surface area contributed by atoms with Gasteiger partial charge in [-0.25, -0.2) is 8.42 Å². The van der Waals surface area contributed by atoms with Crippen molar-refractivity contribution in [3.05, 3.63) is 84.2 Å². The molecule has 3 aromatic rings. The molecule has 10 heteroatoms. The largest absolute Gasteiger partial charge is 0.488 e. The molecule has 0 bridgehead atoms. The van der Waals surface area contributed by atoms with E-state index in [9.17, 15) is 18.3 Å². The number of aromatic nitrogens is 1. The van der Waals surface area contributed by atoms with Crippen molar-refractivity contribution in [2.45, 2.75) is 43.9 Å². The average Bonchev–Trinajstić information content (AvgIpc) is 2.96. The minimum atomic E-state index is -3.80. The number of hydrogen-bond acceptors (Lipinski definition) is 7. The molecule has 1 aliphatic rings. The summed E-state index contributed by atoms with van der Waals surface area (Å²) < 4.78 is 35.0. The Bertz CT molecular complexity index is 1350. The predicted molar refractivity (Wildman–Crippen MR) is 150 cm³/mol. The maximum absolute atomic E-state index is 13.4. The number of carbonyl (C=O) groups excluding carboxylic acids is 1. The van der Waals surface area contributed by atoms with Crippen molar-refractivity contribution in [2.75, 3.05) is 31.5 Å². The van der Waals surface area contributed by atoms with Crippen LogP contribution in [0.4, 0.5) is 5.69 Å². The topological polar surface area (TPSA) is 112 Å². The van der Waals surface area contributed by atoms with Gasteiger partial charge < -0.3 is 14.7 Å². The van der Waals surface area contributed by atoms with E-state index >= 15 is 0 Å². The first-order valence-corrected chi connectivity index (χ1v) is 14.5. The minimum Gasteiger partial charge on any atom is -0.488 e. The molecule has 1 aliphatic heterocycles. The van der Waals surface area contributed by atoms with Crippen LogP contribution in [-0.2, 0) is 27.8 Å². The lowest BCUT2D eigenvalue weighted by Gasteiger charge is -2.34. The fourth-order valence-corrected chi connectivity index (χ4v) is 5.77. The van der Waals surface area contributed by atoms with Crippen molar-refractivity contribution in [2.24, 2.45) is 5.92 Å². The van der Waals surface area contributed by atoms with Crippen LogP contribution in [0.1, 0.15) is 25.0 Å². The number of benzene rings is 2. The summed E-state index contributed by atoms with van der Waals surface area (Å²) >= 11 is 0. The number of pyridine rings is 1. The Hall–Kier alpha value is -3.47. The highest BCUT2D eigenvalue weighted by atomic mass is 32.2. The summed E-state index contributed by atoms with van der Waals surface area (Å²) in [4.78, 5) is 21.5. The van der Waals surface area contributed by atoms with Gasteiger partial charge in [0.05, 0.1) is 24.0 Å². The standard InChI is InChI=1S/C29H36N4O5S/c1-21-17-33(22(2)20-34)29(35)16-24-15-25(31-39(36,37)26-7-5-4-6-8-26)9-10-27(24)38-28(21)19-32(3)18-23-11-13-30-14-12-23/h4-15,21-22,28,31,34H,16-20H2,1-3H3/t21-,22+,28+/m1/s1. The molecular formula is C29H36N4O5S. The van der Waals surface area contributed by atoms with Crippen molar-refractivity contribution < 1.29 is 23.1 Å². The number of fused-ring (bicyclic) bond motifs is 1. The molecule has 1 amide bonds. The molecular weight excluding hydrogens is 516 g/mol. The number of nitrogens with zero attached hydrogens (tertiary/aromatic N) is 3. The molecule has 0 spiro atoms. The lowest BCUT2D eigenvalue weighted by molar-refractivity contribution is -0.134. The van der Waals surface area contributed by atoms with E-state index in [0.717, 1.165) is 5.56 Å². The smallest absolute Gasteiger partial charge is 0.261 e. The second kappa shape index (κ2) is 12.6. The molecule has 0 saturated heterocycles. The van der Waals surface area contributed by atoms with Gasteiger partial charge in [-0.2, -0.15) is 0 Å². The van der Waals surface area contributed by atoms with Crippen molar-refractivity contribution in [1.82, 2.24) is 14.8 Å². The van der Waals surface area contributed by atoms with Gasteiger partial charge in [0.15, 0.2) is 0 Å². The number of anilines is 1. The van der Waals surface area contributed by atoms with Crippen LogP contribution in [0.15, 0.2) is 78.0 Å². The van der Waals surface area contributed by atoms with Crippen LogP contribution in [0, 0.1) is 5.92 Å². The summed E-state index contributed by atoms with van der Waals surface area (Å²) in [7, 11) is -1.78. The van der Waals surface area contributed by atoms with Crippen molar-refractivity contribution >= 4 is 21.6 Å². The summed E-state index contributed by atoms with van der Waals surface area (Å²) in [5.74, 6) is 0.353. The van der Waals surface area contributed by atoms with Gasteiger partial charge in [-0.15, -0.1) is 0 Å². The number of sulfonamides is 1. The number of aliphatic hydroxyl groups is 1. The first kappa shape index (κ1) is 28.5. The fraction of sp³-hybridized carbons (Fsp3) is 0.379. The lowest BCUT2D eigenvalue weighted by Crippen LogP contribution is -2.47. The van der Waals surface area contributed by atoms with Crippen LogP contribution in [0.2, 0.25) is 0 Å². The van der Waals surface area contributed by atoms with Gasteiger partial charge in [-0.1, -0.05) is 25.1 Å². The molecule has 208 valence electrons. The van der Waals surface area contributed by atoms with E-state index in [1.54, 1.807) is 53.7 Å². The molecule has 4 rings (SSSR count). The molecule has 2 N–H and O–H groups in total. The van der Waals surface area contributed by atoms with Gasteiger partial charge >= 0.3 is 0 Å².